The van der Waals surface area contributed by atoms with Gasteiger partial charge in [0, 0.05) is 18.8 Å². The molecule has 0 fully saturated rings. The summed E-state index contributed by atoms with van der Waals surface area (Å²) in [5.41, 5.74) is 0. The summed E-state index contributed by atoms with van der Waals surface area (Å²) in [6, 6.07) is 3.79. The molecule has 4 nitrogen and oxygen atoms in total. The van der Waals surface area contributed by atoms with Gasteiger partial charge in [0.1, 0.15) is 5.76 Å². The van der Waals surface area contributed by atoms with Crippen LogP contribution in [0.3, 0.4) is 0 Å². The number of carbonyl (C=O) groups is 1. The average Bonchev–Trinajstić information content (AvgIpc) is 2.71. The number of hydrogen-bond acceptors (Lipinski definition) is 3. The van der Waals surface area contributed by atoms with Crippen LogP contribution in [-0.4, -0.2) is 37.3 Å². The van der Waals surface area contributed by atoms with Gasteiger partial charge in [0.15, 0.2) is 0 Å². The highest BCUT2D eigenvalue weighted by Gasteiger charge is 2.17. The molecule has 0 spiro atoms. The fourth-order valence-electron chi connectivity index (χ4n) is 1.40. The van der Waals surface area contributed by atoms with E-state index in [4.69, 9.17) is 16.0 Å². The van der Waals surface area contributed by atoms with Crippen molar-refractivity contribution >= 4 is 17.5 Å². The number of rotatable bonds is 6. The highest BCUT2D eigenvalue weighted by atomic mass is 35.5. The smallest absolute Gasteiger partial charge is 0.221 e. The predicted molar refractivity (Wildman–Crippen MR) is 63.5 cm³/mol. The van der Waals surface area contributed by atoms with Crippen molar-refractivity contribution in [2.24, 2.45) is 0 Å². The Hall–Kier alpha value is -1.00. The first-order valence-corrected chi connectivity index (χ1v) is 5.71. The number of halogens is 1. The van der Waals surface area contributed by atoms with E-state index in [0.29, 0.717) is 18.8 Å². The lowest BCUT2D eigenvalue weighted by Crippen LogP contribution is -2.34. The lowest BCUT2D eigenvalue weighted by atomic mass is 10.2. The van der Waals surface area contributed by atoms with Crippen LogP contribution in [0.2, 0.25) is 0 Å². The number of furan rings is 1. The normalized spacial score (nSPS) is 12.8. The maximum Gasteiger partial charge on any atom is 0.221 e. The molecule has 90 valence electrons. The van der Waals surface area contributed by atoms with Gasteiger partial charge in [0.05, 0.1) is 12.3 Å². The van der Waals surface area contributed by atoms with Crippen molar-refractivity contribution in [3.8, 4) is 0 Å². The third kappa shape index (κ3) is 3.87. The maximum absolute atomic E-state index is 11.3. The molecular weight excluding hydrogens is 228 g/mol. The van der Waals surface area contributed by atoms with Crippen molar-refractivity contribution in [2.45, 2.75) is 12.5 Å². The molecule has 0 saturated heterocycles. The Kier molecular flexibility index (Phi) is 5.35. The van der Waals surface area contributed by atoms with Crippen LogP contribution in [0.25, 0.3) is 0 Å². The molecule has 0 saturated carbocycles. The van der Waals surface area contributed by atoms with Gasteiger partial charge in [-0.2, -0.15) is 0 Å². The number of nitrogens with one attached hydrogen (secondary N) is 1. The van der Waals surface area contributed by atoms with Gasteiger partial charge in [-0.3, -0.25) is 9.69 Å². The molecule has 1 aromatic rings. The van der Waals surface area contributed by atoms with Crippen molar-refractivity contribution in [3.05, 3.63) is 24.2 Å². The van der Waals surface area contributed by atoms with Gasteiger partial charge in [-0.15, -0.1) is 11.6 Å². The molecule has 5 heteroatoms. The van der Waals surface area contributed by atoms with E-state index in [-0.39, 0.29) is 11.9 Å². The van der Waals surface area contributed by atoms with E-state index < -0.39 is 0 Å². The van der Waals surface area contributed by atoms with Gasteiger partial charge in [-0.25, -0.2) is 0 Å². The van der Waals surface area contributed by atoms with Crippen LogP contribution in [-0.2, 0) is 4.79 Å². The van der Waals surface area contributed by atoms with E-state index in [1.54, 1.807) is 6.26 Å². The Morgan fingerprint density at radius 1 is 1.62 bits per heavy atom. The van der Waals surface area contributed by atoms with Crippen molar-refractivity contribution in [3.63, 3.8) is 0 Å². The number of amides is 1. The molecule has 0 bridgehead atoms. The predicted octanol–water partition coefficient (Wildman–Crippen LogP) is 1.63. The van der Waals surface area contributed by atoms with Crippen LogP contribution < -0.4 is 5.32 Å². The van der Waals surface area contributed by atoms with E-state index in [9.17, 15) is 4.79 Å². The molecule has 1 unspecified atom stereocenters. The summed E-state index contributed by atoms with van der Waals surface area (Å²) in [6.45, 7) is 0.524. The second-order valence-electron chi connectivity index (χ2n) is 3.74. The van der Waals surface area contributed by atoms with Crippen LogP contribution in [0.15, 0.2) is 22.8 Å². The fourth-order valence-corrected chi connectivity index (χ4v) is 1.57. The zero-order chi connectivity index (χ0) is 12.0. The molecule has 1 heterocycles. The topological polar surface area (TPSA) is 45.5 Å². The van der Waals surface area contributed by atoms with Crippen LogP contribution in [0.5, 0.6) is 0 Å². The summed E-state index contributed by atoms with van der Waals surface area (Å²) in [7, 11) is 3.89. The first-order chi connectivity index (χ1) is 7.65. The van der Waals surface area contributed by atoms with Crippen molar-refractivity contribution in [1.82, 2.24) is 10.2 Å². The summed E-state index contributed by atoms with van der Waals surface area (Å²) < 4.78 is 5.33. The van der Waals surface area contributed by atoms with Crippen LogP contribution >= 0.6 is 11.6 Å². The minimum Gasteiger partial charge on any atom is -0.468 e. The summed E-state index contributed by atoms with van der Waals surface area (Å²) >= 11 is 5.48. The Balaban J connectivity index is 2.50. The van der Waals surface area contributed by atoms with Crippen molar-refractivity contribution in [1.29, 1.82) is 0 Å². The van der Waals surface area contributed by atoms with Crippen molar-refractivity contribution < 1.29 is 9.21 Å². The summed E-state index contributed by atoms with van der Waals surface area (Å²) in [5, 5.41) is 2.83. The molecule has 1 atom stereocenters. The van der Waals surface area contributed by atoms with Crippen LogP contribution in [0.4, 0.5) is 0 Å². The van der Waals surface area contributed by atoms with E-state index in [0.717, 1.165) is 5.76 Å². The monoisotopic (exact) mass is 244 g/mol. The fraction of sp³-hybridized carbons (Fsp3) is 0.545. The number of hydrogen-bond donors (Lipinski definition) is 1. The molecular formula is C11H17ClN2O2. The zero-order valence-electron chi connectivity index (χ0n) is 9.57. The van der Waals surface area contributed by atoms with Gasteiger partial charge < -0.3 is 9.73 Å². The van der Waals surface area contributed by atoms with Crippen LogP contribution in [0.1, 0.15) is 18.2 Å². The standard InChI is InChI=1S/C11H17ClN2O2/c1-14(2)9(10-4-3-7-16-10)8-13-11(15)5-6-12/h3-4,7,9H,5-6,8H2,1-2H3,(H,13,15). The molecule has 1 rings (SSSR count). The summed E-state index contributed by atoms with van der Waals surface area (Å²) in [6.07, 6.45) is 1.98. The Morgan fingerprint density at radius 2 is 2.38 bits per heavy atom. The first-order valence-electron chi connectivity index (χ1n) is 5.17. The van der Waals surface area contributed by atoms with Gasteiger partial charge >= 0.3 is 0 Å². The number of alkyl halides is 1. The second kappa shape index (κ2) is 6.55. The molecule has 0 aliphatic heterocycles. The quantitative estimate of drug-likeness (QED) is 0.774. The lowest BCUT2D eigenvalue weighted by Gasteiger charge is -2.22. The van der Waals surface area contributed by atoms with Gasteiger partial charge in [-0.05, 0) is 26.2 Å². The third-order valence-corrected chi connectivity index (χ3v) is 2.50. The average molecular weight is 245 g/mol. The lowest BCUT2D eigenvalue weighted by molar-refractivity contribution is -0.120. The molecule has 1 N–H and O–H groups in total. The Labute approximate surface area is 101 Å². The van der Waals surface area contributed by atoms with Gasteiger partial charge in [0.2, 0.25) is 5.91 Å². The number of likely N-dealkylation sites (N-methyl/N-ethyl adjacent to an activating group) is 1. The minimum absolute atomic E-state index is 0.0339. The Bertz CT molecular complexity index is 312. The molecule has 16 heavy (non-hydrogen) atoms. The summed E-state index contributed by atoms with van der Waals surface area (Å²) in [5.74, 6) is 1.16. The number of nitrogens with zero attached hydrogens (tertiary/aromatic N) is 1. The zero-order valence-corrected chi connectivity index (χ0v) is 10.3. The van der Waals surface area contributed by atoms with Gasteiger partial charge in [0.25, 0.3) is 0 Å². The van der Waals surface area contributed by atoms with E-state index in [1.165, 1.54) is 0 Å². The minimum atomic E-state index is -0.0339. The number of carbonyl (C=O) groups excluding carboxylic acids is 1. The molecule has 1 amide bonds. The second-order valence-corrected chi connectivity index (χ2v) is 4.12. The van der Waals surface area contributed by atoms with Gasteiger partial charge in [-0.1, -0.05) is 0 Å². The third-order valence-electron chi connectivity index (χ3n) is 2.31. The largest absolute Gasteiger partial charge is 0.468 e. The van der Waals surface area contributed by atoms with E-state index >= 15 is 0 Å². The van der Waals surface area contributed by atoms with Crippen molar-refractivity contribution in [2.75, 3.05) is 26.5 Å². The molecule has 0 aromatic carbocycles. The molecule has 1 aromatic heterocycles. The SMILES string of the molecule is CN(C)C(CNC(=O)CCCl)c1ccco1. The van der Waals surface area contributed by atoms with E-state index in [2.05, 4.69) is 5.32 Å². The Morgan fingerprint density at radius 3 is 2.88 bits per heavy atom. The molecule has 0 aliphatic carbocycles. The maximum atomic E-state index is 11.3. The molecule has 0 aliphatic rings. The highest BCUT2D eigenvalue weighted by molar-refractivity contribution is 6.18. The summed E-state index contributed by atoms with van der Waals surface area (Å²) in [4.78, 5) is 13.3. The highest BCUT2D eigenvalue weighted by Crippen LogP contribution is 2.17. The van der Waals surface area contributed by atoms with E-state index in [1.807, 2.05) is 31.1 Å². The molecule has 0 radical (unpaired) electrons. The first kappa shape index (κ1) is 13.1. The van der Waals surface area contributed by atoms with Crippen LogP contribution in [0, 0.1) is 0 Å².